The van der Waals surface area contributed by atoms with Gasteiger partial charge in [-0.25, -0.2) is 0 Å². The second kappa shape index (κ2) is 16.4. The number of aryl methyl sites for hydroxylation is 1. The van der Waals surface area contributed by atoms with Gasteiger partial charge >= 0.3 is 0 Å². The van der Waals surface area contributed by atoms with E-state index < -0.39 is 118 Å². The van der Waals surface area contributed by atoms with Gasteiger partial charge in [0, 0.05) is 13.5 Å². The van der Waals surface area contributed by atoms with Gasteiger partial charge in [-0.2, -0.15) is 0 Å². The quantitative estimate of drug-likeness (QED) is 0.0935. The van der Waals surface area contributed by atoms with Crippen molar-refractivity contribution in [3.8, 4) is 0 Å². The lowest BCUT2D eigenvalue weighted by Crippen LogP contribution is -2.68. The molecule has 0 bridgehead atoms. The number of aliphatic hydroxyl groups excluding tert-OH is 9. The van der Waals surface area contributed by atoms with Gasteiger partial charge < -0.3 is 79.7 Å². The molecule has 3 aliphatic heterocycles. The smallest absolute Gasteiger partial charge is 0.217 e. The molecule has 264 valence electrons. The van der Waals surface area contributed by atoms with Crippen molar-refractivity contribution in [1.29, 1.82) is 0 Å². The molecule has 0 spiro atoms. The maximum absolute atomic E-state index is 12.0. The van der Waals surface area contributed by atoms with Crippen LogP contribution in [0.1, 0.15) is 26.0 Å². The van der Waals surface area contributed by atoms with E-state index in [1.165, 1.54) is 6.92 Å². The van der Waals surface area contributed by atoms with Gasteiger partial charge in [0.05, 0.1) is 32.6 Å². The number of carbonyl (C=O) groups excluding carboxylic acids is 1. The Balaban J connectivity index is 1.50. The van der Waals surface area contributed by atoms with Crippen molar-refractivity contribution in [2.45, 2.75) is 125 Å². The number of ether oxygens (including phenoxy) is 6. The van der Waals surface area contributed by atoms with E-state index in [2.05, 4.69) is 15.6 Å². The van der Waals surface area contributed by atoms with E-state index in [1.807, 2.05) is 6.92 Å². The van der Waals surface area contributed by atoms with Gasteiger partial charge in [0.2, 0.25) is 5.91 Å². The van der Waals surface area contributed by atoms with Crippen LogP contribution < -0.4 is 5.32 Å². The summed E-state index contributed by atoms with van der Waals surface area (Å²) in [5, 5.41) is 104. The first-order valence-corrected chi connectivity index (χ1v) is 14.9. The minimum Gasteiger partial charge on any atom is -0.394 e. The Morgan fingerprint density at radius 1 is 0.804 bits per heavy atom. The first kappa shape index (κ1) is 36.8. The van der Waals surface area contributed by atoms with Crippen LogP contribution in [0, 0.1) is 0 Å². The number of aliphatic hydroxyl groups is 9. The van der Waals surface area contributed by atoms with E-state index >= 15 is 0 Å². The van der Waals surface area contributed by atoms with Crippen LogP contribution in [0.4, 0.5) is 0 Å². The largest absolute Gasteiger partial charge is 0.394 e. The maximum Gasteiger partial charge on any atom is 0.217 e. The van der Waals surface area contributed by atoms with Crippen molar-refractivity contribution >= 4 is 5.91 Å². The average Bonchev–Trinajstić information content (AvgIpc) is 3.48. The maximum atomic E-state index is 12.0. The number of nitrogens with zero attached hydrogens (tertiary/aromatic N) is 3. The van der Waals surface area contributed by atoms with Crippen LogP contribution in [0.25, 0.3) is 0 Å². The Labute approximate surface area is 263 Å². The average molecular weight is 669 g/mol. The molecular weight excluding hydrogens is 624 g/mol. The highest BCUT2D eigenvalue weighted by atomic mass is 16.8. The molecule has 4 rings (SSSR count). The van der Waals surface area contributed by atoms with Crippen molar-refractivity contribution in [1.82, 2.24) is 20.3 Å². The van der Waals surface area contributed by atoms with E-state index in [0.29, 0.717) is 12.2 Å². The predicted molar refractivity (Wildman–Crippen MR) is 146 cm³/mol. The zero-order chi connectivity index (χ0) is 33.7. The van der Waals surface area contributed by atoms with Crippen molar-refractivity contribution in [3.05, 3.63) is 11.9 Å². The number of hydrogen-bond acceptors (Lipinski definition) is 18. The van der Waals surface area contributed by atoms with Crippen LogP contribution >= 0.6 is 0 Å². The summed E-state index contributed by atoms with van der Waals surface area (Å²) < 4.78 is 35.5. The molecule has 3 saturated heterocycles. The van der Waals surface area contributed by atoms with Gasteiger partial charge in [-0.05, 0) is 6.42 Å². The molecule has 20 heteroatoms. The fourth-order valence-electron chi connectivity index (χ4n) is 5.49. The molecule has 10 N–H and O–H groups in total. The molecule has 1 amide bonds. The molecule has 4 heterocycles. The summed E-state index contributed by atoms with van der Waals surface area (Å²) in [5.74, 6) is -0.568. The first-order valence-electron chi connectivity index (χ1n) is 14.9. The highest BCUT2D eigenvalue weighted by Crippen LogP contribution is 2.33. The van der Waals surface area contributed by atoms with E-state index in [-0.39, 0.29) is 6.61 Å². The minimum atomic E-state index is -1.92. The van der Waals surface area contributed by atoms with Gasteiger partial charge in [-0.15, -0.1) is 5.10 Å². The summed E-state index contributed by atoms with van der Waals surface area (Å²) in [4.78, 5) is 12.0. The van der Waals surface area contributed by atoms with Gasteiger partial charge in [0.15, 0.2) is 18.9 Å². The van der Waals surface area contributed by atoms with Crippen LogP contribution in [0.15, 0.2) is 6.20 Å². The summed E-state index contributed by atoms with van der Waals surface area (Å²) in [7, 11) is 0. The summed E-state index contributed by atoms with van der Waals surface area (Å²) in [6.45, 7) is 1.34. The van der Waals surface area contributed by atoms with Crippen molar-refractivity contribution in [2.24, 2.45) is 0 Å². The Bertz CT molecular complexity index is 1100. The summed E-state index contributed by atoms with van der Waals surface area (Å²) in [6, 6.07) is -1.27. The standard InChI is InChI=1S/C26H44N4O16/c1-3-4-30-5-11(28-29-30)9-41-24-15(27-10(2)34)18(37)22(14(8-33)44-24)45-26-21(40)23(17(36)13(7-32)43-26)46-25-20(39)19(38)16(35)12(6-31)42-25/h5,12-26,31-33,35-40H,3-4,6-9H2,1-2H3,(H,27,34)/t12?,13?,14?,15?,16-,17-,18?,19?,20?,21?,22-,23?,24+,25-,26-/m0/s1. The predicted octanol–water partition coefficient (Wildman–Crippen LogP) is -6.20. The molecular formula is C26H44N4O16. The van der Waals surface area contributed by atoms with E-state index in [1.54, 1.807) is 10.9 Å². The highest BCUT2D eigenvalue weighted by Gasteiger charge is 2.54. The molecule has 46 heavy (non-hydrogen) atoms. The molecule has 3 aliphatic rings. The van der Waals surface area contributed by atoms with Gasteiger partial charge in [-0.1, -0.05) is 12.1 Å². The highest BCUT2D eigenvalue weighted by molar-refractivity contribution is 5.73. The topological polar surface area (TPSA) is 297 Å². The molecule has 3 fully saturated rings. The van der Waals surface area contributed by atoms with Crippen LogP contribution in [0.5, 0.6) is 0 Å². The third kappa shape index (κ3) is 8.17. The Morgan fingerprint density at radius 2 is 1.39 bits per heavy atom. The van der Waals surface area contributed by atoms with E-state index in [0.717, 1.165) is 6.42 Å². The van der Waals surface area contributed by atoms with E-state index in [4.69, 9.17) is 28.4 Å². The second-order valence-electron chi connectivity index (χ2n) is 11.3. The third-order valence-electron chi connectivity index (χ3n) is 7.91. The number of hydrogen-bond donors (Lipinski definition) is 10. The number of aromatic nitrogens is 3. The summed E-state index contributed by atoms with van der Waals surface area (Å²) in [5.41, 5.74) is 0.435. The van der Waals surface area contributed by atoms with Crippen LogP contribution in [-0.2, 0) is 46.4 Å². The SMILES string of the molecule is CCCn1cc(CO[C@@H]2OC(CO)[C@H](O[C@@H]3OC(CO)[C@H](O)C(O[C@@H]4OC(CO)[C@H](O)C(O)C4O)C3O)C(O)C2NC(C)=O)nn1. The number of amides is 1. The summed E-state index contributed by atoms with van der Waals surface area (Å²) >= 11 is 0. The van der Waals surface area contributed by atoms with E-state index in [9.17, 15) is 50.8 Å². The molecule has 1 aromatic heterocycles. The lowest BCUT2D eigenvalue weighted by molar-refractivity contribution is -0.376. The fourth-order valence-corrected chi connectivity index (χ4v) is 5.49. The Hall–Kier alpha value is -1.99. The van der Waals surface area contributed by atoms with Crippen molar-refractivity contribution in [2.75, 3.05) is 19.8 Å². The van der Waals surface area contributed by atoms with Crippen molar-refractivity contribution < 1.29 is 79.2 Å². The molecule has 15 atom stereocenters. The second-order valence-corrected chi connectivity index (χ2v) is 11.3. The van der Waals surface area contributed by atoms with Crippen LogP contribution in [0.3, 0.4) is 0 Å². The monoisotopic (exact) mass is 668 g/mol. The molecule has 9 unspecified atom stereocenters. The Morgan fingerprint density at radius 3 is 2.00 bits per heavy atom. The van der Waals surface area contributed by atoms with Gasteiger partial charge in [-0.3, -0.25) is 9.48 Å². The lowest BCUT2D eigenvalue weighted by atomic mass is 9.95. The zero-order valence-corrected chi connectivity index (χ0v) is 25.2. The molecule has 0 radical (unpaired) electrons. The molecule has 0 aliphatic carbocycles. The third-order valence-corrected chi connectivity index (χ3v) is 7.91. The van der Waals surface area contributed by atoms with Crippen LogP contribution in [-0.4, -0.2) is 179 Å². The molecule has 20 nitrogen and oxygen atoms in total. The fraction of sp³-hybridized carbons (Fsp3) is 0.885. The number of nitrogens with one attached hydrogen (secondary N) is 1. The summed E-state index contributed by atoms with van der Waals surface area (Å²) in [6.07, 6.45) is -20.5. The lowest BCUT2D eigenvalue weighted by Gasteiger charge is -2.48. The number of carbonyl (C=O) groups is 1. The van der Waals surface area contributed by atoms with Gasteiger partial charge in [0.25, 0.3) is 0 Å². The van der Waals surface area contributed by atoms with Crippen molar-refractivity contribution in [3.63, 3.8) is 0 Å². The molecule has 0 saturated carbocycles. The molecule has 1 aromatic rings. The number of rotatable bonds is 13. The normalized spacial score (nSPS) is 41.8. The first-order chi connectivity index (χ1) is 21.9. The molecule has 0 aromatic carbocycles. The Kier molecular flexibility index (Phi) is 13.1. The van der Waals surface area contributed by atoms with Crippen LogP contribution in [0.2, 0.25) is 0 Å². The zero-order valence-electron chi connectivity index (χ0n) is 25.2. The minimum absolute atomic E-state index is 0.127. The van der Waals surface area contributed by atoms with Gasteiger partial charge in [0.1, 0.15) is 78.9 Å².